The van der Waals surface area contributed by atoms with Crippen molar-refractivity contribution in [2.75, 3.05) is 21.1 Å². The summed E-state index contributed by atoms with van der Waals surface area (Å²) in [6, 6.07) is 0. The Kier molecular flexibility index (Phi) is 9.82. The van der Waals surface area contributed by atoms with Crippen LogP contribution in [0.2, 0.25) is 0 Å². The molecule has 1 atom stereocenters. The van der Waals surface area contributed by atoms with Gasteiger partial charge in [0.25, 0.3) is 0 Å². The van der Waals surface area contributed by atoms with Gasteiger partial charge in [-0.05, 0) is 13.3 Å². The van der Waals surface area contributed by atoms with E-state index in [1.54, 1.807) is 0 Å². The van der Waals surface area contributed by atoms with Crippen LogP contribution in [0, 0.1) is 16.0 Å². The molecule has 88 valence electrons. The average molecular weight is 216 g/mol. The van der Waals surface area contributed by atoms with Gasteiger partial charge < -0.3 is 9.69 Å². The Hall–Kier alpha value is -1.39. The molecule has 0 fully saturated rings. The van der Waals surface area contributed by atoms with Gasteiger partial charge in [0.1, 0.15) is 6.29 Å². The highest BCUT2D eigenvalue weighted by Crippen LogP contribution is 2.03. The molecule has 0 spiro atoms. The van der Waals surface area contributed by atoms with Crippen LogP contribution in [0.5, 0.6) is 0 Å². The van der Waals surface area contributed by atoms with Gasteiger partial charge in [0, 0.05) is 30.6 Å². The van der Waals surface area contributed by atoms with Gasteiger partial charge in [-0.25, -0.2) is 0 Å². The molecule has 0 aromatic carbocycles. The third kappa shape index (κ3) is 15.4. The van der Waals surface area contributed by atoms with Crippen molar-refractivity contribution in [3.05, 3.63) is 21.9 Å². The van der Waals surface area contributed by atoms with E-state index in [4.69, 9.17) is 10.1 Å². The summed E-state index contributed by atoms with van der Waals surface area (Å²) >= 11 is 0. The van der Waals surface area contributed by atoms with Crippen LogP contribution >= 0.6 is 0 Å². The molecule has 0 aliphatic carbocycles. The minimum absolute atomic E-state index is 0.143. The lowest BCUT2D eigenvalue weighted by Crippen LogP contribution is -2.08. The summed E-state index contributed by atoms with van der Waals surface area (Å²) in [6.07, 6.45) is 3.91. The first kappa shape index (κ1) is 16.1. The lowest BCUT2D eigenvalue weighted by atomic mass is 10.1. The number of allylic oxidation sites excluding steroid dienone is 2. The molecule has 0 saturated carbocycles. The molecule has 0 amide bonds. The van der Waals surface area contributed by atoms with Crippen molar-refractivity contribution in [3.63, 3.8) is 0 Å². The van der Waals surface area contributed by atoms with Gasteiger partial charge in [0.2, 0.25) is 0 Å². The zero-order valence-corrected chi connectivity index (χ0v) is 10.1. The first-order valence-electron chi connectivity index (χ1n) is 4.68. The Bertz CT molecular complexity index is 221. The van der Waals surface area contributed by atoms with Crippen LogP contribution < -0.4 is 0 Å². The predicted molar refractivity (Wildman–Crippen MR) is 60.2 cm³/mol. The Morgan fingerprint density at radius 3 is 2.20 bits per heavy atom. The van der Waals surface area contributed by atoms with Crippen molar-refractivity contribution in [2.24, 2.45) is 5.92 Å². The van der Waals surface area contributed by atoms with E-state index in [9.17, 15) is 4.79 Å². The molecule has 5 nitrogen and oxygen atoms in total. The van der Waals surface area contributed by atoms with Gasteiger partial charge in [0.05, 0.1) is 0 Å². The fraction of sp³-hybridized carbons (Fsp3) is 0.700. The van der Waals surface area contributed by atoms with E-state index in [1.165, 1.54) is 5.70 Å². The molecule has 0 aliphatic rings. The van der Waals surface area contributed by atoms with Crippen LogP contribution in [0.3, 0.4) is 0 Å². The van der Waals surface area contributed by atoms with Crippen LogP contribution in [0.4, 0.5) is 0 Å². The third-order valence-electron chi connectivity index (χ3n) is 1.72. The van der Waals surface area contributed by atoms with Crippen LogP contribution in [-0.2, 0) is 4.79 Å². The zero-order valence-electron chi connectivity index (χ0n) is 10.1. The van der Waals surface area contributed by atoms with E-state index in [2.05, 4.69) is 6.08 Å². The molecule has 0 heterocycles. The number of carbonyl (C=O) groups is 1. The number of nitro groups is 1. The summed E-state index contributed by atoms with van der Waals surface area (Å²) in [5.41, 5.74) is 1.21. The quantitative estimate of drug-likeness (QED) is 0.406. The predicted octanol–water partition coefficient (Wildman–Crippen LogP) is 1.57. The summed E-state index contributed by atoms with van der Waals surface area (Å²) in [7, 11) is 4.88. The molecule has 0 N–H and O–H groups in total. The van der Waals surface area contributed by atoms with Crippen LogP contribution in [0.25, 0.3) is 0 Å². The molecule has 0 radical (unpaired) electrons. The SMILES string of the molecule is C/C(=C\CC(C)C=O)N(C)C.C[N+](=O)[O-]. The average Bonchev–Trinajstić information content (AvgIpc) is 2.12. The fourth-order valence-electron chi connectivity index (χ4n) is 0.595. The molecule has 0 rings (SSSR count). The van der Waals surface area contributed by atoms with Crippen LogP contribution in [0.1, 0.15) is 20.3 Å². The molecule has 15 heavy (non-hydrogen) atoms. The van der Waals surface area contributed by atoms with E-state index in [0.717, 1.165) is 19.8 Å². The van der Waals surface area contributed by atoms with Gasteiger partial charge in [-0.2, -0.15) is 0 Å². The van der Waals surface area contributed by atoms with Gasteiger partial charge >= 0.3 is 0 Å². The van der Waals surface area contributed by atoms with Gasteiger partial charge in [0.15, 0.2) is 7.05 Å². The molecule has 5 heteroatoms. The zero-order chi connectivity index (χ0) is 12.4. The Morgan fingerprint density at radius 1 is 1.53 bits per heavy atom. The van der Waals surface area contributed by atoms with E-state index >= 15 is 0 Å². The Balaban J connectivity index is 0. The number of rotatable bonds is 4. The minimum atomic E-state index is -0.500. The van der Waals surface area contributed by atoms with E-state index < -0.39 is 4.92 Å². The maximum Gasteiger partial charge on any atom is 0.194 e. The minimum Gasteiger partial charge on any atom is -0.381 e. The summed E-state index contributed by atoms with van der Waals surface area (Å²) in [5, 5.41) is 8.81. The van der Waals surface area contributed by atoms with Gasteiger partial charge in [-0.1, -0.05) is 13.0 Å². The number of carbonyl (C=O) groups excluding carboxylic acids is 1. The van der Waals surface area contributed by atoms with E-state index in [0.29, 0.717) is 0 Å². The second-order valence-corrected chi connectivity index (χ2v) is 3.53. The van der Waals surface area contributed by atoms with Crippen molar-refractivity contribution in [2.45, 2.75) is 20.3 Å². The summed E-state index contributed by atoms with van der Waals surface area (Å²) in [5.74, 6) is 0.143. The monoisotopic (exact) mass is 216 g/mol. The lowest BCUT2D eigenvalue weighted by molar-refractivity contribution is -0.445. The largest absolute Gasteiger partial charge is 0.381 e. The number of aldehydes is 1. The second kappa shape index (κ2) is 9.18. The summed E-state index contributed by atoms with van der Waals surface area (Å²) in [4.78, 5) is 20.6. The summed E-state index contributed by atoms with van der Waals surface area (Å²) in [6.45, 7) is 3.96. The lowest BCUT2D eigenvalue weighted by Gasteiger charge is -2.12. The number of hydrogen-bond acceptors (Lipinski definition) is 4. The van der Waals surface area contributed by atoms with Crippen LogP contribution in [-0.4, -0.2) is 37.3 Å². The normalized spacial score (nSPS) is 12.2. The van der Waals surface area contributed by atoms with Crippen molar-refractivity contribution in [3.8, 4) is 0 Å². The van der Waals surface area contributed by atoms with E-state index in [1.807, 2.05) is 32.8 Å². The van der Waals surface area contributed by atoms with Crippen molar-refractivity contribution in [1.82, 2.24) is 4.90 Å². The molecule has 0 aliphatic heterocycles. The fourth-order valence-corrected chi connectivity index (χ4v) is 0.595. The molecule has 0 aromatic rings. The highest BCUT2D eigenvalue weighted by molar-refractivity contribution is 5.53. The van der Waals surface area contributed by atoms with Crippen LogP contribution in [0.15, 0.2) is 11.8 Å². The molecule has 0 bridgehead atoms. The van der Waals surface area contributed by atoms with Crippen molar-refractivity contribution in [1.29, 1.82) is 0 Å². The molecule has 0 aromatic heterocycles. The smallest absolute Gasteiger partial charge is 0.194 e. The molecular weight excluding hydrogens is 196 g/mol. The third-order valence-corrected chi connectivity index (χ3v) is 1.72. The number of hydrogen-bond donors (Lipinski definition) is 0. The first-order valence-corrected chi connectivity index (χ1v) is 4.68. The molecular formula is C10H20N2O3. The molecule has 1 unspecified atom stereocenters. The Morgan fingerprint density at radius 2 is 1.93 bits per heavy atom. The maximum absolute atomic E-state index is 10.2. The van der Waals surface area contributed by atoms with Gasteiger partial charge in [-0.15, -0.1) is 0 Å². The van der Waals surface area contributed by atoms with Crippen molar-refractivity contribution >= 4 is 6.29 Å². The second-order valence-electron chi connectivity index (χ2n) is 3.53. The van der Waals surface area contributed by atoms with Crippen molar-refractivity contribution < 1.29 is 9.72 Å². The topological polar surface area (TPSA) is 63.5 Å². The first-order chi connectivity index (χ1) is 6.81. The highest BCUT2D eigenvalue weighted by atomic mass is 16.6. The standard InChI is InChI=1S/C9H17NO.CH3NO2/c1-8(7-11)5-6-9(2)10(3)4;1-2(3)4/h6-8H,5H2,1-4H3;1H3/b9-6+;. The number of nitrogens with zero attached hydrogens (tertiary/aromatic N) is 2. The van der Waals surface area contributed by atoms with E-state index in [-0.39, 0.29) is 5.92 Å². The molecule has 0 saturated heterocycles. The summed E-state index contributed by atoms with van der Waals surface area (Å²) < 4.78 is 0. The highest BCUT2D eigenvalue weighted by Gasteiger charge is 1.96. The maximum atomic E-state index is 10.2. The Labute approximate surface area is 90.9 Å². The van der Waals surface area contributed by atoms with Gasteiger partial charge in [-0.3, -0.25) is 10.1 Å².